The van der Waals surface area contributed by atoms with Gasteiger partial charge in [0.25, 0.3) is 17.1 Å². The molecule has 1 heterocycles. The molecule has 3 aromatic rings. The molecule has 1 amide bonds. The van der Waals surface area contributed by atoms with E-state index in [0.717, 1.165) is 7.11 Å². The van der Waals surface area contributed by atoms with Crippen molar-refractivity contribution >= 4 is 22.4 Å². The molecule has 0 bridgehead atoms. The van der Waals surface area contributed by atoms with Gasteiger partial charge >= 0.3 is 6.18 Å². The number of rotatable bonds is 7. The number of nitrogens with zero attached hydrogens (tertiary/aromatic N) is 2. The zero-order chi connectivity index (χ0) is 23.5. The highest BCUT2D eigenvalue weighted by Crippen LogP contribution is 2.43. The summed E-state index contributed by atoms with van der Waals surface area (Å²) in [5.74, 6) is -1.40. The van der Waals surface area contributed by atoms with Gasteiger partial charge in [-0.15, -0.1) is 0 Å². The first-order chi connectivity index (χ1) is 15.1. The van der Waals surface area contributed by atoms with Crippen LogP contribution in [0.4, 0.5) is 18.9 Å². The number of anilines is 1. The summed E-state index contributed by atoms with van der Waals surface area (Å²) in [7, 11) is 4.61. The molecule has 0 spiro atoms. The Hall–Kier alpha value is -3.17. The number of likely N-dealkylation sites (N-methyl/N-ethyl adjacent to an activating group) is 1. The van der Waals surface area contributed by atoms with Crippen molar-refractivity contribution in [1.82, 2.24) is 9.47 Å². The summed E-state index contributed by atoms with van der Waals surface area (Å²) in [5, 5.41) is 2.97. The van der Waals surface area contributed by atoms with Crippen molar-refractivity contribution in [3.05, 3.63) is 76.7 Å². The first-order valence-corrected chi connectivity index (χ1v) is 9.87. The molecule has 2 aromatic carbocycles. The van der Waals surface area contributed by atoms with E-state index in [4.69, 9.17) is 4.74 Å². The van der Waals surface area contributed by atoms with Crippen LogP contribution in [0.2, 0.25) is 0 Å². The Bertz CT molecular complexity index is 1160. The molecule has 0 aliphatic carbocycles. The molecule has 0 saturated heterocycles. The smallest absolute Gasteiger partial charge is 0.356 e. The normalized spacial score (nSPS) is 13.8. The highest BCUT2D eigenvalue weighted by Gasteiger charge is 2.62. The fraction of sp³-hybridized carbons (Fsp3) is 0.304. The molecule has 9 heteroatoms. The Morgan fingerprint density at radius 1 is 1.03 bits per heavy atom. The zero-order valence-electron chi connectivity index (χ0n) is 17.9. The number of amides is 1. The van der Waals surface area contributed by atoms with E-state index in [1.165, 1.54) is 41.0 Å². The third-order valence-corrected chi connectivity index (χ3v) is 5.26. The molecule has 0 aliphatic heterocycles. The van der Waals surface area contributed by atoms with Crippen molar-refractivity contribution in [1.29, 1.82) is 0 Å². The number of benzene rings is 2. The van der Waals surface area contributed by atoms with E-state index < -0.39 is 17.7 Å². The fourth-order valence-corrected chi connectivity index (χ4v) is 3.54. The maximum Gasteiger partial charge on any atom is 0.430 e. The van der Waals surface area contributed by atoms with Gasteiger partial charge in [-0.25, -0.2) is 0 Å². The predicted molar refractivity (Wildman–Crippen MR) is 117 cm³/mol. The Morgan fingerprint density at radius 3 is 2.31 bits per heavy atom. The average Bonchev–Trinajstić information content (AvgIpc) is 2.74. The van der Waals surface area contributed by atoms with Crippen LogP contribution in [0.5, 0.6) is 0 Å². The summed E-state index contributed by atoms with van der Waals surface area (Å²) >= 11 is 0. The number of fused-ring (bicyclic) bond motifs is 1. The van der Waals surface area contributed by atoms with E-state index in [0.29, 0.717) is 23.9 Å². The molecule has 1 aromatic heterocycles. The van der Waals surface area contributed by atoms with Crippen LogP contribution in [-0.2, 0) is 21.7 Å². The molecule has 170 valence electrons. The van der Waals surface area contributed by atoms with Crippen LogP contribution in [0.15, 0.2) is 65.6 Å². The maximum atomic E-state index is 14.2. The van der Waals surface area contributed by atoms with Gasteiger partial charge in [-0.3, -0.25) is 9.59 Å². The highest BCUT2D eigenvalue weighted by atomic mass is 19.4. The molecule has 0 fully saturated rings. The third kappa shape index (κ3) is 4.26. The van der Waals surface area contributed by atoms with Crippen LogP contribution in [0.25, 0.3) is 10.8 Å². The molecule has 0 aliphatic rings. The Balaban J connectivity index is 2.05. The first-order valence-electron chi connectivity index (χ1n) is 9.87. The fourth-order valence-electron chi connectivity index (χ4n) is 3.54. The first kappa shape index (κ1) is 23.5. The van der Waals surface area contributed by atoms with Crippen LogP contribution in [0.1, 0.15) is 5.56 Å². The Morgan fingerprint density at radius 2 is 1.72 bits per heavy atom. The lowest BCUT2D eigenvalue weighted by Crippen LogP contribution is -2.53. The molecule has 1 atom stereocenters. The summed E-state index contributed by atoms with van der Waals surface area (Å²) in [5.41, 5.74) is -3.76. The lowest BCUT2D eigenvalue weighted by Gasteiger charge is -2.33. The van der Waals surface area contributed by atoms with E-state index in [2.05, 4.69) is 5.32 Å². The van der Waals surface area contributed by atoms with Crippen LogP contribution in [0.3, 0.4) is 0 Å². The number of carbonyl (C=O) groups is 1. The largest absolute Gasteiger partial charge is 0.430 e. The molecule has 1 N–H and O–H groups in total. The van der Waals surface area contributed by atoms with Gasteiger partial charge in [0.1, 0.15) is 0 Å². The molecular weight excluding hydrogens is 423 g/mol. The van der Waals surface area contributed by atoms with Gasteiger partial charge in [-0.1, -0.05) is 36.4 Å². The number of nitrogens with one attached hydrogen (secondary N) is 1. The number of carbonyl (C=O) groups excluding carboxylic acids is 1. The molecule has 32 heavy (non-hydrogen) atoms. The van der Waals surface area contributed by atoms with Crippen molar-refractivity contribution in [2.24, 2.45) is 0 Å². The van der Waals surface area contributed by atoms with Crippen molar-refractivity contribution in [2.45, 2.75) is 18.3 Å². The standard InChI is InChI=1S/C23H24F3N3O3/c1-28(2)14-15-29-13-12-17-18(20(29)30)10-7-11-19(17)27-21(31)22(32-3,23(24,25)26)16-8-5-4-6-9-16/h4-13H,14-15H2,1-3H3,(H,27,31)/t22-/m1/s1. The molecule has 6 nitrogen and oxygen atoms in total. The minimum Gasteiger partial charge on any atom is -0.356 e. The van der Waals surface area contributed by atoms with E-state index in [1.807, 2.05) is 19.0 Å². The number of aromatic nitrogens is 1. The highest BCUT2D eigenvalue weighted by molar-refractivity contribution is 6.05. The number of hydrogen-bond acceptors (Lipinski definition) is 4. The summed E-state index contributed by atoms with van der Waals surface area (Å²) in [6.07, 6.45) is -3.47. The number of methoxy groups -OCH3 is 1. The second kappa shape index (κ2) is 9.13. The van der Waals surface area contributed by atoms with Gasteiger partial charge in [0.05, 0.1) is 0 Å². The number of hydrogen-bond donors (Lipinski definition) is 1. The second-order valence-corrected chi connectivity index (χ2v) is 7.59. The number of ether oxygens (including phenoxy) is 1. The van der Waals surface area contributed by atoms with Crippen LogP contribution >= 0.6 is 0 Å². The van der Waals surface area contributed by atoms with E-state index in [1.54, 1.807) is 24.4 Å². The molecular formula is C23H24F3N3O3. The Labute approximate surface area is 183 Å². The second-order valence-electron chi connectivity index (χ2n) is 7.59. The maximum absolute atomic E-state index is 14.2. The molecule has 0 radical (unpaired) electrons. The van der Waals surface area contributed by atoms with E-state index in [-0.39, 0.29) is 16.8 Å². The topological polar surface area (TPSA) is 63.6 Å². The van der Waals surface area contributed by atoms with Gasteiger partial charge in [0, 0.05) is 48.4 Å². The van der Waals surface area contributed by atoms with Gasteiger partial charge in [0.15, 0.2) is 0 Å². The van der Waals surface area contributed by atoms with Crippen LogP contribution in [-0.4, -0.2) is 49.3 Å². The van der Waals surface area contributed by atoms with Gasteiger partial charge in [-0.05, 0) is 32.3 Å². The monoisotopic (exact) mass is 447 g/mol. The minimum absolute atomic E-state index is 0.0889. The summed E-state index contributed by atoms with van der Waals surface area (Å²) in [4.78, 5) is 27.8. The lowest BCUT2D eigenvalue weighted by atomic mass is 9.91. The average molecular weight is 447 g/mol. The number of halogens is 3. The molecule has 0 saturated carbocycles. The van der Waals surface area contributed by atoms with Crippen molar-refractivity contribution in [3.8, 4) is 0 Å². The predicted octanol–water partition coefficient (Wildman–Crippen LogP) is 3.61. The summed E-state index contributed by atoms with van der Waals surface area (Å²) < 4.78 is 48.8. The van der Waals surface area contributed by atoms with Gasteiger partial charge in [0.2, 0.25) is 0 Å². The SMILES string of the molecule is CO[C@@](C(=O)Nc1cccc2c(=O)n(CCN(C)C)ccc12)(c1ccccc1)C(F)(F)F. The number of alkyl halides is 3. The molecule has 3 rings (SSSR count). The van der Waals surface area contributed by atoms with Crippen LogP contribution in [0, 0.1) is 0 Å². The third-order valence-electron chi connectivity index (χ3n) is 5.26. The number of pyridine rings is 1. The lowest BCUT2D eigenvalue weighted by molar-refractivity contribution is -0.263. The van der Waals surface area contributed by atoms with Crippen molar-refractivity contribution < 1.29 is 22.7 Å². The van der Waals surface area contributed by atoms with E-state index >= 15 is 0 Å². The van der Waals surface area contributed by atoms with Crippen molar-refractivity contribution in [2.75, 3.05) is 33.1 Å². The Kier molecular flexibility index (Phi) is 6.71. The summed E-state index contributed by atoms with van der Waals surface area (Å²) in [6, 6.07) is 12.9. The molecule has 0 unspecified atom stereocenters. The quantitative estimate of drug-likeness (QED) is 0.601. The van der Waals surface area contributed by atoms with E-state index in [9.17, 15) is 22.8 Å². The summed E-state index contributed by atoms with van der Waals surface area (Å²) in [6.45, 7) is 1.09. The van der Waals surface area contributed by atoms with Crippen LogP contribution < -0.4 is 10.9 Å². The zero-order valence-corrected chi connectivity index (χ0v) is 17.9. The minimum atomic E-state index is -5.03. The van der Waals surface area contributed by atoms with Gasteiger partial charge < -0.3 is 19.5 Å². The van der Waals surface area contributed by atoms with Gasteiger partial charge in [-0.2, -0.15) is 13.2 Å². The van der Waals surface area contributed by atoms with Crippen molar-refractivity contribution in [3.63, 3.8) is 0 Å².